The zero-order chi connectivity index (χ0) is 13.7. The van der Waals surface area contributed by atoms with Gasteiger partial charge in [-0.05, 0) is 44.2 Å². The van der Waals surface area contributed by atoms with Crippen LogP contribution < -0.4 is 4.90 Å². The molecule has 1 aliphatic carbocycles. The average molecular weight is 258 g/mol. The van der Waals surface area contributed by atoms with E-state index in [1.165, 1.54) is 6.42 Å². The topological polar surface area (TPSA) is 33.2 Å². The molecule has 102 valence electrons. The first-order valence-electron chi connectivity index (χ1n) is 7.18. The summed E-state index contributed by atoms with van der Waals surface area (Å²) in [6, 6.07) is 5.73. The van der Waals surface area contributed by atoms with Gasteiger partial charge in [0.2, 0.25) is 5.91 Å². The number of allylic oxidation sites excluding steroid dienone is 2. The monoisotopic (exact) mass is 258 g/mol. The van der Waals surface area contributed by atoms with E-state index >= 15 is 0 Å². The maximum absolute atomic E-state index is 12.6. The van der Waals surface area contributed by atoms with Crippen molar-refractivity contribution in [2.24, 2.45) is 5.92 Å². The second-order valence-electron chi connectivity index (χ2n) is 5.11. The van der Waals surface area contributed by atoms with Crippen molar-refractivity contribution < 1.29 is 4.79 Å². The number of pyridine rings is 1. The van der Waals surface area contributed by atoms with Crippen molar-refractivity contribution in [2.45, 2.75) is 46.0 Å². The van der Waals surface area contributed by atoms with E-state index in [1.807, 2.05) is 30.0 Å². The normalized spacial score (nSPS) is 16.6. The molecule has 1 amide bonds. The SMILES string of the molecule is CCC(C)C(=O)N(C1=CCCCC1)c1ccccn1. The van der Waals surface area contributed by atoms with Crippen molar-refractivity contribution in [2.75, 3.05) is 4.90 Å². The molecule has 1 heterocycles. The van der Waals surface area contributed by atoms with Gasteiger partial charge in [0, 0.05) is 17.8 Å². The van der Waals surface area contributed by atoms with Gasteiger partial charge in [0.1, 0.15) is 5.82 Å². The Morgan fingerprint density at radius 2 is 2.26 bits per heavy atom. The molecule has 0 bridgehead atoms. The fourth-order valence-corrected chi connectivity index (χ4v) is 2.31. The molecule has 3 heteroatoms. The van der Waals surface area contributed by atoms with Crippen LogP contribution in [0.4, 0.5) is 5.82 Å². The van der Waals surface area contributed by atoms with Crippen LogP contribution in [0, 0.1) is 5.92 Å². The van der Waals surface area contributed by atoms with Crippen LogP contribution in [0.2, 0.25) is 0 Å². The Kier molecular flexibility index (Phi) is 4.72. The van der Waals surface area contributed by atoms with E-state index in [2.05, 4.69) is 18.0 Å². The maximum Gasteiger partial charge on any atom is 0.235 e. The van der Waals surface area contributed by atoms with Gasteiger partial charge in [0.05, 0.1) is 0 Å². The molecule has 0 fully saturated rings. The lowest BCUT2D eigenvalue weighted by Crippen LogP contribution is -2.35. The van der Waals surface area contributed by atoms with Crippen LogP contribution in [0.5, 0.6) is 0 Å². The summed E-state index contributed by atoms with van der Waals surface area (Å²) in [5.74, 6) is 0.945. The van der Waals surface area contributed by atoms with Crippen LogP contribution in [0.1, 0.15) is 46.0 Å². The first kappa shape index (κ1) is 13.8. The predicted molar refractivity (Wildman–Crippen MR) is 77.7 cm³/mol. The molecule has 0 saturated heterocycles. The highest BCUT2D eigenvalue weighted by atomic mass is 16.2. The number of carbonyl (C=O) groups excluding carboxylic acids is 1. The molecule has 3 nitrogen and oxygen atoms in total. The quantitative estimate of drug-likeness (QED) is 0.820. The van der Waals surface area contributed by atoms with Gasteiger partial charge in [-0.15, -0.1) is 0 Å². The van der Waals surface area contributed by atoms with Crippen LogP contribution in [-0.2, 0) is 4.79 Å². The molecule has 1 atom stereocenters. The van der Waals surface area contributed by atoms with Crippen LogP contribution >= 0.6 is 0 Å². The third kappa shape index (κ3) is 3.22. The molecule has 1 unspecified atom stereocenters. The molecular weight excluding hydrogens is 236 g/mol. The van der Waals surface area contributed by atoms with E-state index < -0.39 is 0 Å². The molecule has 0 N–H and O–H groups in total. The smallest absolute Gasteiger partial charge is 0.235 e. The van der Waals surface area contributed by atoms with Crippen molar-refractivity contribution >= 4 is 11.7 Å². The summed E-state index contributed by atoms with van der Waals surface area (Å²) in [7, 11) is 0. The molecule has 0 aromatic carbocycles. The standard InChI is InChI=1S/C16H22N2O/c1-3-13(2)16(19)18(14-9-5-4-6-10-14)15-11-7-8-12-17-15/h7-9,11-13H,3-6,10H2,1-2H3. The number of nitrogens with zero attached hydrogens (tertiary/aromatic N) is 2. The number of aromatic nitrogens is 1. The summed E-state index contributed by atoms with van der Waals surface area (Å²) < 4.78 is 0. The van der Waals surface area contributed by atoms with Gasteiger partial charge in [0.25, 0.3) is 0 Å². The van der Waals surface area contributed by atoms with E-state index in [1.54, 1.807) is 6.20 Å². The van der Waals surface area contributed by atoms with Crippen LogP contribution in [-0.4, -0.2) is 10.9 Å². The summed E-state index contributed by atoms with van der Waals surface area (Å²) in [6.07, 6.45) is 9.20. The Labute approximate surface area is 115 Å². The Morgan fingerprint density at radius 3 is 2.84 bits per heavy atom. The number of rotatable bonds is 4. The highest BCUT2D eigenvalue weighted by Gasteiger charge is 2.25. The van der Waals surface area contributed by atoms with E-state index in [9.17, 15) is 4.79 Å². The lowest BCUT2D eigenvalue weighted by molar-refractivity contribution is -0.121. The average Bonchev–Trinajstić information content (AvgIpc) is 2.49. The van der Waals surface area contributed by atoms with E-state index in [-0.39, 0.29) is 11.8 Å². The highest BCUT2D eigenvalue weighted by molar-refractivity contribution is 5.96. The second kappa shape index (κ2) is 6.50. The molecule has 0 radical (unpaired) electrons. The summed E-state index contributed by atoms with van der Waals surface area (Å²) >= 11 is 0. The largest absolute Gasteiger partial charge is 0.274 e. The van der Waals surface area contributed by atoms with Gasteiger partial charge < -0.3 is 0 Å². The fraction of sp³-hybridized carbons (Fsp3) is 0.500. The molecular formula is C16H22N2O. The summed E-state index contributed by atoms with van der Waals surface area (Å²) in [5.41, 5.74) is 1.12. The minimum atomic E-state index is 0.0323. The zero-order valence-corrected chi connectivity index (χ0v) is 11.8. The van der Waals surface area contributed by atoms with Crippen molar-refractivity contribution in [3.63, 3.8) is 0 Å². The van der Waals surface area contributed by atoms with Crippen molar-refractivity contribution in [1.82, 2.24) is 4.98 Å². The molecule has 19 heavy (non-hydrogen) atoms. The Balaban J connectivity index is 2.33. The molecule has 0 aliphatic heterocycles. The van der Waals surface area contributed by atoms with E-state index in [0.717, 1.165) is 37.2 Å². The summed E-state index contributed by atoms with van der Waals surface area (Å²) in [6.45, 7) is 4.04. The number of anilines is 1. The van der Waals surface area contributed by atoms with Crippen molar-refractivity contribution in [3.8, 4) is 0 Å². The Morgan fingerprint density at radius 1 is 1.42 bits per heavy atom. The number of hydrogen-bond donors (Lipinski definition) is 0. The molecule has 0 saturated carbocycles. The highest BCUT2D eigenvalue weighted by Crippen LogP contribution is 2.27. The molecule has 1 aromatic rings. The van der Waals surface area contributed by atoms with Gasteiger partial charge in [-0.1, -0.05) is 26.0 Å². The Hall–Kier alpha value is -1.64. The van der Waals surface area contributed by atoms with E-state index in [4.69, 9.17) is 0 Å². The molecule has 1 aromatic heterocycles. The fourth-order valence-electron chi connectivity index (χ4n) is 2.31. The van der Waals surface area contributed by atoms with Gasteiger partial charge >= 0.3 is 0 Å². The van der Waals surface area contributed by atoms with Crippen LogP contribution in [0.25, 0.3) is 0 Å². The molecule has 1 aliphatic rings. The lowest BCUT2D eigenvalue weighted by atomic mass is 10.0. The predicted octanol–water partition coefficient (Wildman–Crippen LogP) is 3.92. The molecule has 0 spiro atoms. The second-order valence-corrected chi connectivity index (χ2v) is 5.11. The number of amides is 1. The van der Waals surface area contributed by atoms with Crippen LogP contribution in [0.3, 0.4) is 0 Å². The summed E-state index contributed by atoms with van der Waals surface area (Å²) in [5, 5.41) is 0. The van der Waals surface area contributed by atoms with E-state index in [0.29, 0.717) is 0 Å². The van der Waals surface area contributed by atoms with Gasteiger partial charge in [-0.25, -0.2) is 4.98 Å². The minimum absolute atomic E-state index is 0.0323. The minimum Gasteiger partial charge on any atom is -0.274 e. The van der Waals surface area contributed by atoms with Gasteiger partial charge in [0.15, 0.2) is 0 Å². The maximum atomic E-state index is 12.6. The third-order valence-corrected chi connectivity index (χ3v) is 3.69. The number of carbonyl (C=O) groups is 1. The van der Waals surface area contributed by atoms with Crippen LogP contribution in [0.15, 0.2) is 36.2 Å². The van der Waals surface area contributed by atoms with Crippen molar-refractivity contribution in [3.05, 3.63) is 36.2 Å². The third-order valence-electron chi connectivity index (χ3n) is 3.69. The number of hydrogen-bond acceptors (Lipinski definition) is 2. The Bertz CT molecular complexity index is 453. The zero-order valence-electron chi connectivity index (χ0n) is 11.8. The molecule has 2 rings (SSSR count). The first-order chi connectivity index (χ1) is 9.24. The van der Waals surface area contributed by atoms with Crippen molar-refractivity contribution in [1.29, 1.82) is 0 Å². The van der Waals surface area contributed by atoms with Gasteiger partial charge in [-0.2, -0.15) is 0 Å². The first-order valence-corrected chi connectivity index (χ1v) is 7.18. The lowest BCUT2D eigenvalue weighted by Gasteiger charge is -2.28. The van der Waals surface area contributed by atoms with Gasteiger partial charge in [-0.3, -0.25) is 9.69 Å². The summed E-state index contributed by atoms with van der Waals surface area (Å²) in [4.78, 5) is 18.8.